The van der Waals surface area contributed by atoms with Gasteiger partial charge in [0.2, 0.25) is 5.91 Å². The number of hydrogen-bond donors (Lipinski definition) is 2. The maximum Gasteiger partial charge on any atom is 0.226 e. The van der Waals surface area contributed by atoms with E-state index >= 15 is 0 Å². The molecule has 1 aromatic carbocycles. The lowest BCUT2D eigenvalue weighted by Gasteiger charge is -2.16. The molecule has 0 atom stereocenters. The highest BCUT2D eigenvalue weighted by Gasteiger charge is 2.09. The summed E-state index contributed by atoms with van der Waals surface area (Å²) in [5.74, 6) is 0.699. The van der Waals surface area contributed by atoms with Crippen LogP contribution in [-0.2, 0) is 4.79 Å². The standard InChI is InChI=1S/C24H40N2O2S/c1-4-5-6-7-8-9-10-11-12-13-14-19-23(27)26-24(29)25-21-17-15-16-18-22(21)28-20(2)3/h15-18,20H,4-14,19H2,1-3H3,(H2,25,26,27,29). The highest BCUT2D eigenvalue weighted by atomic mass is 32.1. The fourth-order valence-corrected chi connectivity index (χ4v) is 3.44. The molecule has 0 radical (unpaired) electrons. The van der Waals surface area contributed by atoms with Gasteiger partial charge in [0, 0.05) is 6.42 Å². The zero-order valence-electron chi connectivity index (χ0n) is 18.6. The molecule has 0 unspecified atom stereocenters. The monoisotopic (exact) mass is 420 g/mol. The van der Waals surface area contributed by atoms with Crippen molar-refractivity contribution in [2.45, 2.75) is 104 Å². The first-order chi connectivity index (χ1) is 14.0. The van der Waals surface area contributed by atoms with Crippen molar-refractivity contribution in [3.05, 3.63) is 24.3 Å². The lowest BCUT2D eigenvalue weighted by Crippen LogP contribution is -2.34. The Morgan fingerprint density at radius 2 is 1.48 bits per heavy atom. The van der Waals surface area contributed by atoms with Crippen molar-refractivity contribution in [2.24, 2.45) is 0 Å². The van der Waals surface area contributed by atoms with Gasteiger partial charge in [-0.3, -0.25) is 4.79 Å². The Labute approximate surface area is 183 Å². The van der Waals surface area contributed by atoms with E-state index in [1.165, 1.54) is 57.8 Å². The molecule has 2 N–H and O–H groups in total. The number of nitrogens with one attached hydrogen (secondary N) is 2. The molecule has 4 nitrogen and oxygen atoms in total. The zero-order chi connectivity index (χ0) is 21.3. The molecular weight excluding hydrogens is 380 g/mol. The topological polar surface area (TPSA) is 50.4 Å². The van der Waals surface area contributed by atoms with Crippen LogP contribution in [0.15, 0.2) is 24.3 Å². The second-order valence-electron chi connectivity index (χ2n) is 7.95. The number of hydrogen-bond acceptors (Lipinski definition) is 3. The van der Waals surface area contributed by atoms with E-state index in [1.807, 2.05) is 38.1 Å². The number of carbonyl (C=O) groups is 1. The van der Waals surface area contributed by atoms with E-state index in [-0.39, 0.29) is 12.0 Å². The second-order valence-corrected chi connectivity index (χ2v) is 8.36. The largest absolute Gasteiger partial charge is 0.489 e. The fourth-order valence-electron chi connectivity index (χ4n) is 3.22. The summed E-state index contributed by atoms with van der Waals surface area (Å²) in [4.78, 5) is 12.1. The van der Waals surface area contributed by atoms with E-state index < -0.39 is 0 Å². The predicted molar refractivity (Wildman–Crippen MR) is 128 cm³/mol. The van der Waals surface area contributed by atoms with Crippen molar-refractivity contribution >= 4 is 28.9 Å². The minimum atomic E-state index is -0.0271. The number of unbranched alkanes of at least 4 members (excludes halogenated alkanes) is 10. The third-order valence-corrected chi connectivity index (χ3v) is 4.96. The van der Waals surface area contributed by atoms with Crippen molar-refractivity contribution in [3.63, 3.8) is 0 Å². The first kappa shape index (κ1) is 25.4. The number of amides is 1. The number of carbonyl (C=O) groups excluding carboxylic acids is 1. The molecule has 29 heavy (non-hydrogen) atoms. The third-order valence-electron chi connectivity index (χ3n) is 4.76. The highest BCUT2D eigenvalue weighted by molar-refractivity contribution is 7.80. The van der Waals surface area contributed by atoms with Crippen LogP contribution in [-0.4, -0.2) is 17.1 Å². The highest BCUT2D eigenvalue weighted by Crippen LogP contribution is 2.24. The van der Waals surface area contributed by atoms with Gasteiger partial charge in [0.15, 0.2) is 5.11 Å². The number of rotatable bonds is 15. The maximum absolute atomic E-state index is 12.1. The molecule has 0 heterocycles. The summed E-state index contributed by atoms with van der Waals surface area (Å²) in [6.45, 7) is 6.21. The van der Waals surface area contributed by atoms with E-state index in [4.69, 9.17) is 17.0 Å². The summed E-state index contributed by atoms with van der Waals surface area (Å²) in [7, 11) is 0. The predicted octanol–water partition coefficient (Wildman–Crippen LogP) is 6.99. The lowest BCUT2D eigenvalue weighted by atomic mass is 10.1. The van der Waals surface area contributed by atoms with Crippen LogP contribution >= 0.6 is 12.2 Å². The van der Waals surface area contributed by atoms with Crippen LogP contribution in [0.4, 0.5) is 5.69 Å². The number of thiocarbonyl (C=S) groups is 1. The van der Waals surface area contributed by atoms with E-state index in [9.17, 15) is 4.79 Å². The smallest absolute Gasteiger partial charge is 0.226 e. The first-order valence-electron chi connectivity index (χ1n) is 11.4. The van der Waals surface area contributed by atoms with E-state index in [0.29, 0.717) is 11.5 Å². The van der Waals surface area contributed by atoms with Crippen molar-refractivity contribution in [3.8, 4) is 5.75 Å². The summed E-state index contributed by atoms with van der Waals surface area (Å²) in [5.41, 5.74) is 0.765. The Kier molecular flexibility index (Phi) is 14.2. The van der Waals surface area contributed by atoms with Crippen LogP contribution in [0.3, 0.4) is 0 Å². The van der Waals surface area contributed by atoms with Gasteiger partial charge in [0.05, 0.1) is 11.8 Å². The minimum absolute atomic E-state index is 0.0271. The van der Waals surface area contributed by atoms with Crippen molar-refractivity contribution in [1.29, 1.82) is 0 Å². The Balaban J connectivity index is 2.11. The van der Waals surface area contributed by atoms with Gasteiger partial charge in [0.25, 0.3) is 0 Å². The van der Waals surface area contributed by atoms with Crippen LogP contribution in [0.1, 0.15) is 97.8 Å². The zero-order valence-corrected chi connectivity index (χ0v) is 19.4. The average Bonchev–Trinajstić information content (AvgIpc) is 2.67. The summed E-state index contributed by atoms with van der Waals surface area (Å²) >= 11 is 5.27. The Morgan fingerprint density at radius 3 is 2.07 bits per heavy atom. The molecule has 1 amide bonds. The Bertz CT molecular complexity index is 590. The summed E-state index contributed by atoms with van der Waals surface area (Å²) < 4.78 is 5.76. The van der Waals surface area contributed by atoms with E-state index in [2.05, 4.69) is 17.6 Å². The normalized spacial score (nSPS) is 10.8. The van der Waals surface area contributed by atoms with Crippen LogP contribution in [0.25, 0.3) is 0 Å². The SMILES string of the molecule is CCCCCCCCCCCCCC(=O)NC(=S)Nc1ccccc1OC(C)C. The maximum atomic E-state index is 12.1. The van der Waals surface area contributed by atoms with Crippen LogP contribution in [0.2, 0.25) is 0 Å². The molecule has 0 spiro atoms. The Hall–Kier alpha value is -1.62. The number of anilines is 1. The van der Waals surface area contributed by atoms with Gasteiger partial charge in [0.1, 0.15) is 5.75 Å². The van der Waals surface area contributed by atoms with Crippen LogP contribution < -0.4 is 15.4 Å². The van der Waals surface area contributed by atoms with Gasteiger partial charge in [-0.2, -0.15) is 0 Å². The molecule has 1 aromatic rings. The molecule has 0 aromatic heterocycles. The second kappa shape index (κ2) is 16.2. The minimum Gasteiger partial charge on any atom is -0.489 e. The molecular formula is C24H40N2O2S. The average molecular weight is 421 g/mol. The molecule has 164 valence electrons. The van der Waals surface area contributed by atoms with E-state index in [1.54, 1.807) is 0 Å². The number of benzene rings is 1. The molecule has 5 heteroatoms. The van der Waals surface area contributed by atoms with Gasteiger partial charge in [-0.15, -0.1) is 0 Å². The van der Waals surface area contributed by atoms with Gasteiger partial charge < -0.3 is 15.4 Å². The molecule has 0 aliphatic heterocycles. The van der Waals surface area contributed by atoms with Crippen molar-refractivity contribution < 1.29 is 9.53 Å². The Morgan fingerprint density at radius 1 is 0.931 bits per heavy atom. The molecule has 0 fully saturated rings. The van der Waals surface area contributed by atoms with Gasteiger partial charge >= 0.3 is 0 Å². The fraction of sp³-hybridized carbons (Fsp3) is 0.667. The quantitative estimate of drug-likeness (QED) is 0.237. The summed E-state index contributed by atoms with van der Waals surface area (Å²) in [5, 5.41) is 6.15. The van der Waals surface area contributed by atoms with Crippen LogP contribution in [0.5, 0.6) is 5.75 Å². The molecule has 0 saturated heterocycles. The summed E-state index contributed by atoms with van der Waals surface area (Å²) in [6, 6.07) is 7.60. The molecule has 0 saturated carbocycles. The van der Waals surface area contributed by atoms with E-state index in [0.717, 1.165) is 24.3 Å². The van der Waals surface area contributed by atoms with Gasteiger partial charge in [-0.25, -0.2) is 0 Å². The number of para-hydroxylation sites is 2. The first-order valence-corrected chi connectivity index (χ1v) is 11.8. The lowest BCUT2D eigenvalue weighted by molar-refractivity contribution is -0.119. The molecule has 0 aliphatic carbocycles. The van der Waals surface area contributed by atoms with Crippen molar-refractivity contribution in [1.82, 2.24) is 5.32 Å². The third kappa shape index (κ3) is 13.3. The number of ether oxygens (including phenoxy) is 1. The molecule has 0 aliphatic rings. The molecule has 1 rings (SSSR count). The van der Waals surface area contributed by atoms with Gasteiger partial charge in [-0.05, 0) is 44.6 Å². The van der Waals surface area contributed by atoms with Crippen molar-refractivity contribution in [2.75, 3.05) is 5.32 Å². The van der Waals surface area contributed by atoms with Crippen LogP contribution in [0, 0.1) is 0 Å². The summed E-state index contributed by atoms with van der Waals surface area (Å²) in [6.07, 6.45) is 14.6. The van der Waals surface area contributed by atoms with Gasteiger partial charge in [-0.1, -0.05) is 83.3 Å². The molecule has 0 bridgehead atoms.